The molecule has 0 unspecified atom stereocenters. The summed E-state index contributed by atoms with van der Waals surface area (Å²) in [5.41, 5.74) is -0.428. The van der Waals surface area contributed by atoms with E-state index < -0.39 is 26.6 Å². The Morgan fingerprint density at radius 2 is 2.10 bits per heavy atom. The average molecular weight is 370 g/mol. The van der Waals surface area contributed by atoms with Gasteiger partial charge in [0.25, 0.3) is 0 Å². The van der Waals surface area contributed by atoms with E-state index in [9.17, 15) is 13.2 Å². The summed E-state index contributed by atoms with van der Waals surface area (Å²) >= 11 is 13.1. The molecule has 1 aromatic rings. The number of thioether (sulfide) groups is 1. The van der Waals surface area contributed by atoms with Crippen molar-refractivity contribution < 1.29 is 18.3 Å². The maximum absolute atomic E-state index is 12.1. The smallest absolute Gasteiger partial charge is 0.338 e. The summed E-state index contributed by atoms with van der Waals surface area (Å²) in [6, 6.07) is 2.37. The van der Waals surface area contributed by atoms with Crippen LogP contribution in [-0.2, 0) is 10.0 Å². The van der Waals surface area contributed by atoms with Gasteiger partial charge in [0.15, 0.2) is 0 Å². The van der Waals surface area contributed by atoms with Crippen LogP contribution in [0.3, 0.4) is 0 Å². The topological polar surface area (TPSA) is 83.5 Å². The number of halogens is 2. The molecule has 0 heterocycles. The minimum atomic E-state index is -3.89. The summed E-state index contributed by atoms with van der Waals surface area (Å²) in [7, 11) is -3.89. The van der Waals surface area contributed by atoms with Gasteiger partial charge in [-0.15, -0.1) is 6.58 Å². The van der Waals surface area contributed by atoms with Crippen LogP contribution in [0.5, 0.6) is 0 Å². The molecule has 9 heteroatoms. The molecule has 0 spiro atoms. The molecule has 21 heavy (non-hydrogen) atoms. The number of carboxylic acids is 1. The number of sulfonamides is 1. The monoisotopic (exact) mass is 369 g/mol. The zero-order valence-electron chi connectivity index (χ0n) is 10.8. The SMILES string of the molecule is C=CCSCCNS(=O)(=O)c1ccc(Cl)c(C(=O)O)c1Cl. The Hall–Kier alpha value is -0.730. The molecule has 0 aliphatic rings. The van der Waals surface area contributed by atoms with Crippen molar-refractivity contribution in [3.63, 3.8) is 0 Å². The molecular formula is C12H13Cl2NO4S2. The lowest BCUT2D eigenvalue weighted by molar-refractivity contribution is 0.0697. The van der Waals surface area contributed by atoms with E-state index in [1.807, 2.05) is 0 Å². The van der Waals surface area contributed by atoms with Crippen LogP contribution in [0.25, 0.3) is 0 Å². The second kappa shape index (κ2) is 8.05. The van der Waals surface area contributed by atoms with Crippen molar-refractivity contribution in [3.05, 3.63) is 40.4 Å². The van der Waals surface area contributed by atoms with Gasteiger partial charge in [0.1, 0.15) is 4.90 Å². The molecule has 0 atom stereocenters. The first kappa shape index (κ1) is 18.3. The van der Waals surface area contributed by atoms with E-state index in [1.165, 1.54) is 23.9 Å². The highest BCUT2D eigenvalue weighted by Crippen LogP contribution is 2.30. The number of benzene rings is 1. The van der Waals surface area contributed by atoms with E-state index in [4.69, 9.17) is 28.3 Å². The first-order chi connectivity index (χ1) is 9.81. The van der Waals surface area contributed by atoms with Crippen molar-refractivity contribution >= 4 is 51.0 Å². The van der Waals surface area contributed by atoms with Crippen LogP contribution in [0.4, 0.5) is 0 Å². The maximum atomic E-state index is 12.1. The van der Waals surface area contributed by atoms with Gasteiger partial charge < -0.3 is 5.11 Å². The fourth-order valence-electron chi connectivity index (χ4n) is 1.43. The lowest BCUT2D eigenvalue weighted by atomic mass is 10.2. The number of aromatic carboxylic acids is 1. The Morgan fingerprint density at radius 1 is 1.43 bits per heavy atom. The fraction of sp³-hybridized carbons (Fsp3) is 0.250. The van der Waals surface area contributed by atoms with Gasteiger partial charge in [0.2, 0.25) is 10.0 Å². The average Bonchev–Trinajstić information content (AvgIpc) is 2.37. The summed E-state index contributed by atoms with van der Waals surface area (Å²) in [6.45, 7) is 3.75. The minimum Gasteiger partial charge on any atom is -0.478 e. The summed E-state index contributed by atoms with van der Waals surface area (Å²) in [5.74, 6) is -0.113. The second-order valence-electron chi connectivity index (χ2n) is 3.80. The molecule has 5 nitrogen and oxygen atoms in total. The van der Waals surface area contributed by atoms with Crippen LogP contribution in [-0.4, -0.2) is 37.5 Å². The number of hydrogen-bond acceptors (Lipinski definition) is 4. The summed E-state index contributed by atoms with van der Waals surface area (Å²) in [6.07, 6.45) is 1.72. The molecule has 0 saturated heterocycles. The molecule has 1 rings (SSSR count). The van der Waals surface area contributed by atoms with Crippen molar-refractivity contribution in [3.8, 4) is 0 Å². The van der Waals surface area contributed by atoms with E-state index in [-0.39, 0.29) is 16.5 Å². The van der Waals surface area contributed by atoms with Crippen molar-refractivity contribution in [2.24, 2.45) is 0 Å². The van der Waals surface area contributed by atoms with Crippen LogP contribution in [0.15, 0.2) is 29.7 Å². The molecule has 116 valence electrons. The van der Waals surface area contributed by atoms with E-state index in [0.29, 0.717) is 11.5 Å². The van der Waals surface area contributed by atoms with Crippen LogP contribution >= 0.6 is 35.0 Å². The van der Waals surface area contributed by atoms with Crippen molar-refractivity contribution in [1.29, 1.82) is 0 Å². The number of carboxylic acid groups (broad SMARTS) is 1. The molecule has 0 amide bonds. The normalized spacial score (nSPS) is 11.3. The van der Waals surface area contributed by atoms with Crippen LogP contribution in [0, 0.1) is 0 Å². The molecule has 0 bridgehead atoms. The zero-order valence-corrected chi connectivity index (χ0v) is 13.9. The van der Waals surface area contributed by atoms with E-state index in [1.54, 1.807) is 6.08 Å². The van der Waals surface area contributed by atoms with E-state index in [2.05, 4.69) is 11.3 Å². The van der Waals surface area contributed by atoms with Gasteiger partial charge in [-0.05, 0) is 12.1 Å². The van der Waals surface area contributed by atoms with Crippen LogP contribution < -0.4 is 4.72 Å². The molecule has 0 saturated carbocycles. The molecule has 1 aromatic carbocycles. The molecule has 0 aromatic heterocycles. The highest BCUT2D eigenvalue weighted by atomic mass is 35.5. The Kier molecular flexibility index (Phi) is 7.02. The largest absolute Gasteiger partial charge is 0.478 e. The fourth-order valence-corrected chi connectivity index (χ4v) is 4.09. The summed E-state index contributed by atoms with van der Waals surface area (Å²) < 4.78 is 26.6. The number of rotatable bonds is 8. The molecule has 0 aliphatic carbocycles. The second-order valence-corrected chi connectivity index (χ2v) is 7.47. The van der Waals surface area contributed by atoms with Crippen molar-refractivity contribution in [2.45, 2.75) is 4.90 Å². The Morgan fingerprint density at radius 3 is 2.67 bits per heavy atom. The molecule has 0 radical (unpaired) electrons. The maximum Gasteiger partial charge on any atom is 0.338 e. The molecular weight excluding hydrogens is 357 g/mol. The predicted molar refractivity (Wildman–Crippen MR) is 86.1 cm³/mol. The lowest BCUT2D eigenvalue weighted by Crippen LogP contribution is -2.26. The highest BCUT2D eigenvalue weighted by molar-refractivity contribution is 7.99. The van der Waals surface area contributed by atoms with Crippen molar-refractivity contribution in [2.75, 3.05) is 18.1 Å². The third kappa shape index (κ3) is 4.89. The van der Waals surface area contributed by atoms with Gasteiger partial charge in [-0.3, -0.25) is 0 Å². The number of carbonyl (C=O) groups is 1. The zero-order chi connectivity index (χ0) is 16.0. The first-order valence-corrected chi connectivity index (χ1v) is 9.10. The van der Waals surface area contributed by atoms with Gasteiger partial charge >= 0.3 is 5.97 Å². The Bertz CT molecular complexity index is 647. The summed E-state index contributed by atoms with van der Waals surface area (Å²) in [4.78, 5) is 10.8. The number of nitrogens with one attached hydrogen (secondary N) is 1. The van der Waals surface area contributed by atoms with E-state index in [0.717, 1.165) is 0 Å². The van der Waals surface area contributed by atoms with Gasteiger partial charge in [0.05, 0.1) is 15.6 Å². The highest BCUT2D eigenvalue weighted by Gasteiger charge is 2.24. The van der Waals surface area contributed by atoms with E-state index >= 15 is 0 Å². The standard InChI is InChI=1S/C12H13Cl2NO4S2/c1-2-6-20-7-5-15-21(18,19)9-4-3-8(13)10(11(9)14)12(16)17/h2-4,15H,1,5-7H2,(H,16,17). The number of hydrogen-bond donors (Lipinski definition) is 2. The minimum absolute atomic E-state index is 0.118. The van der Waals surface area contributed by atoms with Crippen LogP contribution in [0.1, 0.15) is 10.4 Å². The predicted octanol–water partition coefficient (Wildman–Crippen LogP) is 2.89. The molecule has 0 fully saturated rings. The lowest BCUT2D eigenvalue weighted by Gasteiger charge is -2.10. The van der Waals surface area contributed by atoms with Gasteiger partial charge in [-0.25, -0.2) is 17.9 Å². The molecule has 0 aliphatic heterocycles. The molecule has 2 N–H and O–H groups in total. The van der Waals surface area contributed by atoms with Crippen LogP contribution in [0.2, 0.25) is 10.0 Å². The third-order valence-electron chi connectivity index (χ3n) is 2.33. The van der Waals surface area contributed by atoms with Crippen molar-refractivity contribution in [1.82, 2.24) is 4.72 Å². The Labute approximate surface area is 137 Å². The Balaban J connectivity index is 2.96. The quantitative estimate of drug-likeness (QED) is 0.543. The summed E-state index contributed by atoms with van der Waals surface area (Å²) in [5, 5.41) is 8.49. The van der Waals surface area contributed by atoms with Gasteiger partial charge in [-0.1, -0.05) is 29.3 Å². The first-order valence-electron chi connectivity index (χ1n) is 5.71. The van der Waals surface area contributed by atoms with Gasteiger partial charge in [0, 0.05) is 18.1 Å². The van der Waals surface area contributed by atoms with Gasteiger partial charge in [-0.2, -0.15) is 11.8 Å². The third-order valence-corrected chi connectivity index (χ3v) is 5.62.